The summed E-state index contributed by atoms with van der Waals surface area (Å²) in [6.07, 6.45) is 3.72. The van der Waals surface area contributed by atoms with Crippen LogP contribution in [0.5, 0.6) is 0 Å². The predicted molar refractivity (Wildman–Crippen MR) is 137 cm³/mol. The Kier molecular flexibility index (Phi) is 8.20. The molecular weight excluding hydrogens is 454 g/mol. The molecule has 1 heterocycles. The topological polar surface area (TPSA) is 123 Å². The van der Waals surface area contributed by atoms with Crippen LogP contribution < -0.4 is 15.5 Å². The number of allylic oxidation sites excluding steroid dienone is 1. The highest BCUT2D eigenvalue weighted by Crippen LogP contribution is 2.23. The van der Waals surface area contributed by atoms with Gasteiger partial charge in [0.2, 0.25) is 11.8 Å². The normalized spacial score (nSPS) is 17.5. The fourth-order valence-corrected chi connectivity index (χ4v) is 3.85. The zero-order chi connectivity index (χ0) is 24.7. The summed E-state index contributed by atoms with van der Waals surface area (Å²) in [4.78, 5) is 37.7. The van der Waals surface area contributed by atoms with E-state index in [0.29, 0.717) is 11.4 Å². The average Bonchev–Trinajstić information content (AvgIpc) is 2.81. The van der Waals surface area contributed by atoms with Crippen molar-refractivity contribution in [2.75, 3.05) is 24.3 Å². The molecule has 3 rings (SSSR count). The van der Waals surface area contributed by atoms with Crippen LogP contribution in [-0.4, -0.2) is 53.1 Å². The van der Waals surface area contributed by atoms with Crippen molar-refractivity contribution in [1.29, 1.82) is 0 Å². The highest BCUT2D eigenvalue weighted by Gasteiger charge is 2.30. The third kappa shape index (κ3) is 7.04. The first-order chi connectivity index (χ1) is 16.2. The van der Waals surface area contributed by atoms with Crippen LogP contribution in [0.25, 0.3) is 6.08 Å². The van der Waals surface area contributed by atoms with Crippen LogP contribution in [0.1, 0.15) is 29.3 Å². The number of benzene rings is 2. The number of carboxylic acid groups (broad SMARTS) is 1. The van der Waals surface area contributed by atoms with E-state index in [0.717, 1.165) is 23.0 Å². The molecule has 10 heteroatoms. The van der Waals surface area contributed by atoms with Crippen molar-refractivity contribution in [3.05, 3.63) is 65.7 Å². The van der Waals surface area contributed by atoms with Crippen LogP contribution in [0.2, 0.25) is 0 Å². The molecule has 176 valence electrons. The molecule has 9 nitrogen and oxygen atoms in total. The summed E-state index contributed by atoms with van der Waals surface area (Å²) >= 11 is 1.11. The molecule has 2 aromatic rings. The van der Waals surface area contributed by atoms with Crippen molar-refractivity contribution < 1.29 is 19.5 Å². The van der Waals surface area contributed by atoms with E-state index in [1.165, 1.54) is 24.3 Å². The molecule has 0 aromatic heterocycles. The molecule has 2 amide bonds. The van der Waals surface area contributed by atoms with Crippen LogP contribution in [0.15, 0.2) is 64.8 Å². The van der Waals surface area contributed by atoms with E-state index >= 15 is 0 Å². The first kappa shape index (κ1) is 24.7. The average molecular weight is 480 g/mol. The second-order valence-electron chi connectivity index (χ2n) is 7.70. The lowest BCUT2D eigenvalue weighted by Crippen LogP contribution is -2.41. The largest absolute Gasteiger partial charge is 0.478 e. The number of thioether (sulfide) groups is 1. The Morgan fingerprint density at radius 1 is 1.15 bits per heavy atom. The minimum absolute atomic E-state index is 0.00568. The van der Waals surface area contributed by atoms with Crippen molar-refractivity contribution >= 4 is 57.9 Å². The van der Waals surface area contributed by atoms with Crippen molar-refractivity contribution in [1.82, 2.24) is 5.32 Å². The zero-order valence-corrected chi connectivity index (χ0v) is 19.8. The number of amidine groups is 1. The lowest BCUT2D eigenvalue weighted by Gasteiger charge is -2.21. The maximum Gasteiger partial charge on any atom is 0.335 e. The number of carbonyl (C=O) groups excluding carboxylic acids is 2. The molecule has 0 spiro atoms. The quantitative estimate of drug-likeness (QED) is 0.413. The standard InChI is InChI=1S/C24H25N5O4S/c1-15(4-5-16-6-12-19(13-7-16)29(2)3)27-28-24-26-21(30)14-20(34-24)22(31)25-18-10-8-17(9-11-18)23(32)33/h4-13,20H,14H2,1-3H3,(H,25,31)(H,32,33)(H,26,28,30)/b5-4+,27-15-/t20-/m1/s1. The van der Waals surface area contributed by atoms with E-state index < -0.39 is 11.2 Å². The molecule has 1 aliphatic heterocycles. The number of anilines is 2. The molecule has 2 aromatic carbocycles. The summed E-state index contributed by atoms with van der Waals surface area (Å²) in [7, 11) is 3.96. The van der Waals surface area contributed by atoms with Crippen molar-refractivity contribution in [3.8, 4) is 0 Å². The monoisotopic (exact) mass is 479 g/mol. The van der Waals surface area contributed by atoms with Gasteiger partial charge in [-0.2, -0.15) is 5.10 Å². The number of rotatable bonds is 7. The highest BCUT2D eigenvalue weighted by molar-refractivity contribution is 8.15. The molecule has 0 aliphatic carbocycles. The molecule has 1 saturated heterocycles. The Morgan fingerprint density at radius 2 is 1.82 bits per heavy atom. The van der Waals surface area contributed by atoms with Crippen LogP contribution >= 0.6 is 11.8 Å². The third-order valence-electron chi connectivity index (χ3n) is 4.79. The minimum Gasteiger partial charge on any atom is -0.478 e. The number of aromatic carboxylic acids is 1. The van der Waals surface area contributed by atoms with Crippen LogP contribution in [0.3, 0.4) is 0 Å². The molecular formula is C24H25N5O4S. The lowest BCUT2D eigenvalue weighted by atomic mass is 10.2. The first-order valence-corrected chi connectivity index (χ1v) is 11.3. The Morgan fingerprint density at radius 3 is 2.44 bits per heavy atom. The molecule has 0 bridgehead atoms. The number of carboxylic acids is 1. The van der Waals surface area contributed by atoms with Gasteiger partial charge in [0.15, 0.2) is 5.17 Å². The van der Waals surface area contributed by atoms with Crippen LogP contribution in [0.4, 0.5) is 11.4 Å². The maximum absolute atomic E-state index is 12.6. The Hall–Kier alpha value is -3.92. The molecule has 1 aliphatic rings. The SMILES string of the molecule is CC(/C=C/c1ccc(N(C)C)cc1)=N/N=C1/NC(=O)C[C@H](C(=O)Nc2ccc(C(=O)O)cc2)S1. The van der Waals surface area contributed by atoms with Gasteiger partial charge >= 0.3 is 5.97 Å². The van der Waals surface area contributed by atoms with Gasteiger partial charge in [-0.15, -0.1) is 5.10 Å². The Labute approximate surface area is 201 Å². The lowest BCUT2D eigenvalue weighted by molar-refractivity contribution is -0.123. The van der Waals surface area contributed by atoms with Crippen molar-refractivity contribution in [3.63, 3.8) is 0 Å². The summed E-state index contributed by atoms with van der Waals surface area (Å²) in [6, 6.07) is 13.8. The Balaban J connectivity index is 1.62. The maximum atomic E-state index is 12.6. The van der Waals surface area contributed by atoms with E-state index in [9.17, 15) is 14.4 Å². The van der Waals surface area contributed by atoms with E-state index in [4.69, 9.17) is 5.11 Å². The van der Waals surface area contributed by atoms with E-state index in [-0.39, 0.29) is 29.0 Å². The molecule has 1 atom stereocenters. The van der Waals surface area contributed by atoms with E-state index in [2.05, 4.69) is 20.8 Å². The molecule has 0 saturated carbocycles. The number of nitrogens with one attached hydrogen (secondary N) is 2. The summed E-state index contributed by atoms with van der Waals surface area (Å²) in [5.41, 5.74) is 3.31. The summed E-state index contributed by atoms with van der Waals surface area (Å²) in [5, 5.41) is 22.1. The van der Waals surface area contributed by atoms with Gasteiger partial charge in [-0.1, -0.05) is 30.0 Å². The smallest absolute Gasteiger partial charge is 0.335 e. The number of hydrogen-bond donors (Lipinski definition) is 3. The predicted octanol–water partition coefficient (Wildman–Crippen LogP) is 3.46. The summed E-state index contributed by atoms with van der Waals surface area (Å²) < 4.78 is 0. The second kappa shape index (κ2) is 11.3. The van der Waals surface area contributed by atoms with Crippen LogP contribution in [0, 0.1) is 0 Å². The molecule has 1 fully saturated rings. The summed E-state index contributed by atoms with van der Waals surface area (Å²) in [5.74, 6) is -1.76. The molecule has 0 unspecified atom stereocenters. The number of carbonyl (C=O) groups is 3. The van der Waals surface area contributed by atoms with Crippen molar-refractivity contribution in [2.24, 2.45) is 10.2 Å². The molecule has 0 radical (unpaired) electrons. The number of nitrogens with zero attached hydrogens (tertiary/aromatic N) is 3. The fourth-order valence-electron chi connectivity index (χ4n) is 2.92. The van der Waals surface area contributed by atoms with Gasteiger partial charge in [0.05, 0.1) is 11.3 Å². The number of hydrogen-bond acceptors (Lipinski definition) is 7. The van der Waals surface area contributed by atoms with Crippen molar-refractivity contribution in [2.45, 2.75) is 18.6 Å². The number of amides is 2. The van der Waals surface area contributed by atoms with E-state index in [1.54, 1.807) is 6.92 Å². The summed E-state index contributed by atoms with van der Waals surface area (Å²) in [6.45, 7) is 1.79. The van der Waals surface area contributed by atoms with Gasteiger partial charge in [0.25, 0.3) is 0 Å². The van der Waals surface area contributed by atoms with E-state index in [1.807, 2.05) is 55.4 Å². The molecule has 3 N–H and O–H groups in total. The minimum atomic E-state index is -1.05. The third-order valence-corrected chi connectivity index (χ3v) is 5.86. The Bertz CT molecular complexity index is 1150. The fraction of sp³-hybridized carbons (Fsp3) is 0.208. The first-order valence-electron chi connectivity index (χ1n) is 10.4. The van der Waals surface area contributed by atoms with Gasteiger partial charge in [-0.05, 0) is 55.0 Å². The highest BCUT2D eigenvalue weighted by atomic mass is 32.2. The van der Waals surface area contributed by atoms with Crippen LogP contribution in [-0.2, 0) is 9.59 Å². The molecule has 34 heavy (non-hydrogen) atoms. The van der Waals surface area contributed by atoms with Gasteiger partial charge in [-0.25, -0.2) is 4.79 Å². The van der Waals surface area contributed by atoms with Gasteiger partial charge in [0.1, 0.15) is 5.25 Å². The van der Waals surface area contributed by atoms with Gasteiger partial charge in [-0.3, -0.25) is 9.59 Å². The zero-order valence-electron chi connectivity index (χ0n) is 19.0. The van der Waals surface area contributed by atoms with Gasteiger partial charge < -0.3 is 20.6 Å². The second-order valence-corrected chi connectivity index (χ2v) is 8.89. The van der Waals surface area contributed by atoms with Gasteiger partial charge in [0, 0.05) is 31.9 Å².